The summed E-state index contributed by atoms with van der Waals surface area (Å²) < 4.78 is 10.6. The summed E-state index contributed by atoms with van der Waals surface area (Å²) in [5.41, 5.74) is 7.25. The highest BCUT2D eigenvalue weighted by Crippen LogP contribution is 2.39. The van der Waals surface area contributed by atoms with Crippen LogP contribution in [0.4, 0.5) is 0 Å². The summed E-state index contributed by atoms with van der Waals surface area (Å²) in [4.78, 5) is 0. The molecular weight excluding hydrogens is 226 g/mol. The number of methoxy groups -OCH3 is 2. The minimum atomic E-state index is 0.451. The van der Waals surface area contributed by atoms with Crippen molar-refractivity contribution >= 4 is 0 Å². The maximum absolute atomic E-state index is 5.97. The summed E-state index contributed by atoms with van der Waals surface area (Å²) in [7, 11) is 3.34. The first-order valence-electron chi connectivity index (χ1n) is 6.72. The molecule has 3 nitrogen and oxygen atoms in total. The van der Waals surface area contributed by atoms with E-state index in [2.05, 4.69) is 12.1 Å². The SMILES string of the molecule is COc1ccc(C(CN)C2CCCC2)cc1OC. The van der Waals surface area contributed by atoms with E-state index in [-0.39, 0.29) is 0 Å². The van der Waals surface area contributed by atoms with Gasteiger partial charge in [-0.15, -0.1) is 0 Å². The first-order valence-corrected chi connectivity index (χ1v) is 6.72. The fraction of sp³-hybridized carbons (Fsp3) is 0.600. The van der Waals surface area contributed by atoms with Gasteiger partial charge in [-0.05, 0) is 48.9 Å². The van der Waals surface area contributed by atoms with Gasteiger partial charge < -0.3 is 15.2 Å². The largest absolute Gasteiger partial charge is 0.493 e. The summed E-state index contributed by atoms with van der Waals surface area (Å²) in [5, 5.41) is 0. The lowest BCUT2D eigenvalue weighted by Gasteiger charge is -2.23. The summed E-state index contributed by atoms with van der Waals surface area (Å²) in [6.07, 6.45) is 5.29. The van der Waals surface area contributed by atoms with Crippen molar-refractivity contribution in [2.24, 2.45) is 11.7 Å². The highest BCUT2D eigenvalue weighted by Gasteiger charge is 2.25. The van der Waals surface area contributed by atoms with Gasteiger partial charge in [0.15, 0.2) is 11.5 Å². The van der Waals surface area contributed by atoms with Crippen molar-refractivity contribution in [1.82, 2.24) is 0 Å². The third kappa shape index (κ3) is 2.61. The Kier molecular flexibility index (Phi) is 4.48. The third-order valence-corrected chi connectivity index (χ3v) is 4.06. The molecule has 18 heavy (non-hydrogen) atoms. The molecule has 1 aromatic rings. The van der Waals surface area contributed by atoms with Gasteiger partial charge in [-0.1, -0.05) is 18.9 Å². The van der Waals surface area contributed by atoms with Gasteiger partial charge in [0.05, 0.1) is 14.2 Å². The van der Waals surface area contributed by atoms with Crippen molar-refractivity contribution in [1.29, 1.82) is 0 Å². The van der Waals surface area contributed by atoms with Gasteiger partial charge in [0.1, 0.15) is 0 Å². The number of nitrogens with two attached hydrogens (primary N) is 1. The molecule has 0 aliphatic heterocycles. The zero-order valence-electron chi connectivity index (χ0n) is 11.3. The van der Waals surface area contributed by atoms with Crippen molar-refractivity contribution in [3.63, 3.8) is 0 Å². The molecule has 1 saturated carbocycles. The van der Waals surface area contributed by atoms with E-state index in [4.69, 9.17) is 15.2 Å². The van der Waals surface area contributed by atoms with Crippen LogP contribution in [0.2, 0.25) is 0 Å². The van der Waals surface area contributed by atoms with E-state index in [1.165, 1.54) is 31.2 Å². The van der Waals surface area contributed by atoms with E-state index in [1.807, 2.05) is 6.07 Å². The van der Waals surface area contributed by atoms with Gasteiger partial charge >= 0.3 is 0 Å². The van der Waals surface area contributed by atoms with Crippen molar-refractivity contribution in [3.05, 3.63) is 23.8 Å². The standard InChI is InChI=1S/C15H23NO2/c1-17-14-8-7-12(9-15(14)18-2)13(10-16)11-5-3-4-6-11/h7-9,11,13H,3-6,10,16H2,1-2H3. The van der Waals surface area contributed by atoms with Crippen molar-refractivity contribution in [3.8, 4) is 11.5 Å². The third-order valence-electron chi connectivity index (χ3n) is 4.06. The minimum Gasteiger partial charge on any atom is -0.493 e. The lowest BCUT2D eigenvalue weighted by atomic mass is 9.85. The van der Waals surface area contributed by atoms with Gasteiger partial charge in [0.25, 0.3) is 0 Å². The Hall–Kier alpha value is -1.22. The zero-order valence-corrected chi connectivity index (χ0v) is 11.3. The molecule has 0 bridgehead atoms. The number of ether oxygens (including phenoxy) is 2. The molecule has 1 aromatic carbocycles. The van der Waals surface area contributed by atoms with Gasteiger partial charge in [0, 0.05) is 0 Å². The van der Waals surface area contributed by atoms with Crippen LogP contribution in [0, 0.1) is 5.92 Å². The summed E-state index contributed by atoms with van der Waals surface area (Å²) in [5.74, 6) is 2.76. The maximum atomic E-state index is 5.97. The highest BCUT2D eigenvalue weighted by atomic mass is 16.5. The number of benzene rings is 1. The molecule has 3 heteroatoms. The van der Waals surface area contributed by atoms with Crippen molar-refractivity contribution < 1.29 is 9.47 Å². The molecule has 1 atom stereocenters. The Bertz CT molecular complexity index is 386. The van der Waals surface area contributed by atoms with Crippen molar-refractivity contribution in [2.75, 3.05) is 20.8 Å². The van der Waals surface area contributed by atoms with Gasteiger partial charge in [0.2, 0.25) is 0 Å². The van der Waals surface area contributed by atoms with Crippen LogP contribution in [0.15, 0.2) is 18.2 Å². The van der Waals surface area contributed by atoms with Gasteiger partial charge in [-0.3, -0.25) is 0 Å². The van der Waals surface area contributed by atoms with Crippen LogP contribution in [0.1, 0.15) is 37.2 Å². The number of hydrogen-bond acceptors (Lipinski definition) is 3. The molecule has 0 heterocycles. The van der Waals surface area contributed by atoms with E-state index in [0.717, 1.165) is 17.4 Å². The smallest absolute Gasteiger partial charge is 0.160 e. The average molecular weight is 249 g/mol. The molecule has 100 valence electrons. The van der Waals surface area contributed by atoms with Crippen LogP contribution in [0.25, 0.3) is 0 Å². The van der Waals surface area contributed by atoms with Crippen LogP contribution < -0.4 is 15.2 Å². The second-order valence-corrected chi connectivity index (χ2v) is 5.00. The first kappa shape index (κ1) is 13.2. The molecule has 0 spiro atoms. The molecule has 1 unspecified atom stereocenters. The Morgan fingerprint density at radius 1 is 1.17 bits per heavy atom. The second kappa shape index (κ2) is 6.10. The average Bonchev–Trinajstić information content (AvgIpc) is 2.93. The summed E-state index contributed by atoms with van der Waals surface area (Å²) in [6, 6.07) is 6.18. The lowest BCUT2D eigenvalue weighted by Crippen LogP contribution is -2.19. The maximum Gasteiger partial charge on any atom is 0.160 e. The topological polar surface area (TPSA) is 44.5 Å². The highest BCUT2D eigenvalue weighted by molar-refractivity contribution is 5.44. The Morgan fingerprint density at radius 3 is 2.39 bits per heavy atom. The molecule has 1 aliphatic rings. The summed E-state index contributed by atoms with van der Waals surface area (Å²) >= 11 is 0. The van der Waals surface area contributed by atoms with Gasteiger partial charge in [-0.25, -0.2) is 0 Å². The molecule has 0 aromatic heterocycles. The quantitative estimate of drug-likeness (QED) is 0.872. The second-order valence-electron chi connectivity index (χ2n) is 5.00. The lowest BCUT2D eigenvalue weighted by molar-refractivity contribution is 0.353. The van der Waals surface area contributed by atoms with Crippen molar-refractivity contribution in [2.45, 2.75) is 31.6 Å². The van der Waals surface area contributed by atoms with E-state index >= 15 is 0 Å². The van der Waals surface area contributed by atoms with Gasteiger partial charge in [-0.2, -0.15) is 0 Å². The Balaban J connectivity index is 2.24. The fourth-order valence-electron chi connectivity index (χ4n) is 3.04. The summed E-state index contributed by atoms with van der Waals surface area (Å²) in [6.45, 7) is 0.708. The molecule has 1 aliphatic carbocycles. The molecule has 2 rings (SSSR count). The van der Waals surface area contributed by atoms with Crippen LogP contribution >= 0.6 is 0 Å². The zero-order chi connectivity index (χ0) is 13.0. The number of rotatable bonds is 5. The predicted octanol–water partition coefficient (Wildman–Crippen LogP) is 2.94. The monoisotopic (exact) mass is 249 g/mol. The van der Waals surface area contributed by atoms with E-state index in [0.29, 0.717) is 12.5 Å². The first-order chi connectivity index (χ1) is 8.80. The molecule has 0 saturated heterocycles. The van der Waals surface area contributed by atoms with Crippen LogP contribution in [-0.4, -0.2) is 20.8 Å². The fourth-order valence-corrected chi connectivity index (χ4v) is 3.04. The molecule has 2 N–H and O–H groups in total. The normalized spacial score (nSPS) is 17.7. The minimum absolute atomic E-state index is 0.451. The van der Waals surface area contributed by atoms with E-state index in [9.17, 15) is 0 Å². The van der Waals surface area contributed by atoms with E-state index < -0.39 is 0 Å². The number of hydrogen-bond donors (Lipinski definition) is 1. The molecular formula is C15H23NO2. The van der Waals surface area contributed by atoms with E-state index in [1.54, 1.807) is 14.2 Å². The van der Waals surface area contributed by atoms with Crippen LogP contribution in [0.3, 0.4) is 0 Å². The predicted molar refractivity (Wildman–Crippen MR) is 73.3 cm³/mol. The Labute approximate surface area is 109 Å². The van der Waals surface area contributed by atoms with Crippen LogP contribution in [-0.2, 0) is 0 Å². The molecule has 0 amide bonds. The van der Waals surface area contributed by atoms with Crippen LogP contribution in [0.5, 0.6) is 11.5 Å². The Morgan fingerprint density at radius 2 is 1.83 bits per heavy atom. The molecule has 0 radical (unpaired) electrons. The molecule has 1 fully saturated rings.